The first-order chi connectivity index (χ1) is 11.4. The lowest BCUT2D eigenvalue weighted by atomic mass is 10.1. The molecule has 0 aliphatic carbocycles. The van der Waals surface area contributed by atoms with E-state index in [1.54, 1.807) is 6.07 Å². The van der Waals surface area contributed by atoms with Gasteiger partial charge in [0.15, 0.2) is 0 Å². The highest BCUT2D eigenvalue weighted by Gasteiger charge is 2.23. The molecule has 7 nitrogen and oxygen atoms in total. The second kappa shape index (κ2) is 6.76. The van der Waals surface area contributed by atoms with Gasteiger partial charge in [0.1, 0.15) is 16.7 Å². The molecule has 1 amide bonds. The average Bonchev–Trinajstić information content (AvgIpc) is 2.90. The van der Waals surface area contributed by atoms with Gasteiger partial charge in [0, 0.05) is 25.2 Å². The van der Waals surface area contributed by atoms with E-state index in [2.05, 4.69) is 20.5 Å². The van der Waals surface area contributed by atoms with Crippen molar-refractivity contribution in [2.45, 2.75) is 52.3 Å². The molecule has 1 aliphatic heterocycles. The minimum Gasteiger partial charge on any atom is -0.474 e. The molecule has 3 heterocycles. The van der Waals surface area contributed by atoms with Crippen LogP contribution in [0.5, 0.6) is 5.88 Å². The number of carbonyl (C=O) groups excluding carboxylic acids is 1. The number of aromatic nitrogens is 4. The van der Waals surface area contributed by atoms with Crippen LogP contribution >= 0.6 is 11.6 Å². The van der Waals surface area contributed by atoms with Crippen LogP contribution in [0.15, 0.2) is 12.3 Å². The smallest absolute Gasteiger partial charge is 0.253 e. The average molecular weight is 350 g/mol. The molecule has 8 heteroatoms. The van der Waals surface area contributed by atoms with Crippen molar-refractivity contribution in [3.63, 3.8) is 0 Å². The molecule has 0 saturated carbocycles. The molecule has 2 aromatic rings. The summed E-state index contributed by atoms with van der Waals surface area (Å²) in [5, 5.41) is 11.6. The molecule has 0 fully saturated rings. The van der Waals surface area contributed by atoms with Crippen LogP contribution in [0, 0.1) is 6.92 Å². The number of hydrogen-bond acceptors (Lipinski definition) is 5. The normalized spacial score (nSPS) is 16.8. The molecule has 3 rings (SSSR count). The fourth-order valence-electron chi connectivity index (χ4n) is 2.71. The Morgan fingerprint density at radius 1 is 1.46 bits per heavy atom. The summed E-state index contributed by atoms with van der Waals surface area (Å²) in [5.41, 5.74) is 0.419. The molecule has 0 spiro atoms. The second-order valence-corrected chi connectivity index (χ2v) is 6.57. The number of aryl methyl sites for hydroxylation is 2. The minimum absolute atomic E-state index is 0.0295. The van der Waals surface area contributed by atoms with Crippen molar-refractivity contribution in [2.24, 2.45) is 0 Å². The molecule has 24 heavy (non-hydrogen) atoms. The van der Waals surface area contributed by atoms with Gasteiger partial charge < -0.3 is 14.6 Å². The number of ether oxygens (including phenoxy) is 1. The van der Waals surface area contributed by atoms with Gasteiger partial charge in [0.05, 0.1) is 11.7 Å². The second-order valence-electron chi connectivity index (χ2n) is 6.16. The van der Waals surface area contributed by atoms with Crippen LogP contribution in [0.2, 0.25) is 5.02 Å². The Hall–Kier alpha value is -2.15. The molecule has 0 radical (unpaired) electrons. The highest BCUT2D eigenvalue weighted by Crippen LogP contribution is 2.23. The molecule has 0 unspecified atom stereocenters. The van der Waals surface area contributed by atoms with E-state index in [-0.39, 0.29) is 18.1 Å². The Kier molecular flexibility index (Phi) is 4.71. The van der Waals surface area contributed by atoms with Crippen LogP contribution in [0.4, 0.5) is 0 Å². The van der Waals surface area contributed by atoms with Crippen LogP contribution in [0.25, 0.3) is 0 Å². The number of amides is 1. The number of carbonyl (C=O) groups is 1. The van der Waals surface area contributed by atoms with Gasteiger partial charge in [-0.15, -0.1) is 10.2 Å². The van der Waals surface area contributed by atoms with Gasteiger partial charge in [-0.1, -0.05) is 11.6 Å². The molecular weight excluding hydrogens is 330 g/mol. The Bertz CT molecular complexity index is 759. The van der Waals surface area contributed by atoms with Crippen LogP contribution in [-0.4, -0.2) is 37.8 Å². The zero-order chi connectivity index (χ0) is 17.3. The van der Waals surface area contributed by atoms with Gasteiger partial charge >= 0.3 is 0 Å². The molecule has 0 saturated heterocycles. The number of fused-ring (bicyclic) bond motifs is 1. The highest BCUT2D eigenvalue weighted by molar-refractivity contribution is 6.32. The van der Waals surface area contributed by atoms with Crippen molar-refractivity contribution < 1.29 is 9.53 Å². The van der Waals surface area contributed by atoms with E-state index in [0.717, 1.165) is 24.5 Å². The lowest BCUT2D eigenvalue weighted by molar-refractivity contribution is 0.0927. The van der Waals surface area contributed by atoms with Crippen molar-refractivity contribution in [1.82, 2.24) is 25.1 Å². The third-order valence-electron chi connectivity index (χ3n) is 3.88. The number of rotatable bonds is 4. The Balaban J connectivity index is 1.67. The number of hydrogen-bond donors (Lipinski definition) is 1. The quantitative estimate of drug-likeness (QED) is 0.914. The lowest BCUT2D eigenvalue weighted by Gasteiger charge is -2.25. The first-order valence-corrected chi connectivity index (χ1v) is 8.33. The van der Waals surface area contributed by atoms with Crippen molar-refractivity contribution in [3.05, 3.63) is 34.5 Å². The van der Waals surface area contributed by atoms with Crippen molar-refractivity contribution in [1.29, 1.82) is 0 Å². The van der Waals surface area contributed by atoms with E-state index < -0.39 is 0 Å². The zero-order valence-corrected chi connectivity index (χ0v) is 14.7. The summed E-state index contributed by atoms with van der Waals surface area (Å²) in [6.45, 7) is 6.37. The molecular formula is C16H20ClN5O2. The monoisotopic (exact) mass is 349 g/mol. The summed E-state index contributed by atoms with van der Waals surface area (Å²) in [6, 6.07) is 1.62. The summed E-state index contributed by atoms with van der Waals surface area (Å²) >= 11 is 6.15. The van der Waals surface area contributed by atoms with E-state index in [1.165, 1.54) is 6.20 Å². The largest absolute Gasteiger partial charge is 0.474 e. The maximum Gasteiger partial charge on any atom is 0.253 e. The molecule has 1 aliphatic rings. The predicted molar refractivity (Wildman–Crippen MR) is 89.3 cm³/mol. The topological polar surface area (TPSA) is 81.9 Å². The SMILES string of the molecule is Cc1nnc2n1C[C@H](NC(=O)c1cnc(OC(C)C)c(Cl)c1)CC2. The standard InChI is InChI=1S/C16H20ClN5O2/c1-9(2)24-16-13(17)6-11(7-18-16)15(23)19-12-4-5-14-21-20-10(3)22(14)8-12/h6-7,9,12H,4-5,8H2,1-3H3,(H,19,23)/t12-/m1/s1. The van der Waals surface area contributed by atoms with E-state index in [0.29, 0.717) is 23.0 Å². The summed E-state index contributed by atoms with van der Waals surface area (Å²) in [4.78, 5) is 16.6. The van der Waals surface area contributed by atoms with E-state index in [9.17, 15) is 4.79 Å². The molecule has 128 valence electrons. The Morgan fingerprint density at radius 2 is 2.25 bits per heavy atom. The fraction of sp³-hybridized carbons (Fsp3) is 0.500. The van der Waals surface area contributed by atoms with Crippen molar-refractivity contribution >= 4 is 17.5 Å². The maximum absolute atomic E-state index is 12.4. The molecule has 0 bridgehead atoms. The number of halogens is 1. The van der Waals surface area contributed by atoms with E-state index in [1.807, 2.05) is 25.3 Å². The predicted octanol–water partition coefficient (Wildman–Crippen LogP) is 2.17. The minimum atomic E-state index is -0.195. The van der Waals surface area contributed by atoms with Gasteiger partial charge in [-0.2, -0.15) is 0 Å². The van der Waals surface area contributed by atoms with E-state index >= 15 is 0 Å². The number of nitrogens with zero attached hydrogens (tertiary/aromatic N) is 4. The molecule has 2 aromatic heterocycles. The van der Waals surface area contributed by atoms with Crippen LogP contribution in [-0.2, 0) is 13.0 Å². The van der Waals surface area contributed by atoms with Crippen molar-refractivity contribution in [3.8, 4) is 5.88 Å². The van der Waals surface area contributed by atoms with Crippen molar-refractivity contribution in [2.75, 3.05) is 0 Å². The molecule has 0 aromatic carbocycles. The Labute approximate surface area is 145 Å². The number of nitrogens with one attached hydrogen (secondary N) is 1. The van der Waals surface area contributed by atoms with Crippen LogP contribution in [0.3, 0.4) is 0 Å². The van der Waals surface area contributed by atoms with Gasteiger partial charge in [-0.25, -0.2) is 4.98 Å². The van der Waals surface area contributed by atoms with Gasteiger partial charge in [0.25, 0.3) is 5.91 Å². The van der Waals surface area contributed by atoms with Gasteiger partial charge in [-0.3, -0.25) is 4.79 Å². The first kappa shape index (κ1) is 16.7. The first-order valence-electron chi connectivity index (χ1n) is 7.95. The van der Waals surface area contributed by atoms with Crippen LogP contribution < -0.4 is 10.1 Å². The van der Waals surface area contributed by atoms with Crippen LogP contribution in [0.1, 0.15) is 42.3 Å². The van der Waals surface area contributed by atoms with Gasteiger partial charge in [0.2, 0.25) is 5.88 Å². The maximum atomic E-state index is 12.4. The highest BCUT2D eigenvalue weighted by atomic mass is 35.5. The van der Waals surface area contributed by atoms with E-state index in [4.69, 9.17) is 16.3 Å². The summed E-state index contributed by atoms with van der Waals surface area (Å²) in [7, 11) is 0. The Morgan fingerprint density at radius 3 is 2.96 bits per heavy atom. The third-order valence-corrected chi connectivity index (χ3v) is 4.15. The zero-order valence-electron chi connectivity index (χ0n) is 13.9. The van der Waals surface area contributed by atoms with Gasteiger partial charge in [-0.05, 0) is 33.3 Å². The lowest BCUT2D eigenvalue weighted by Crippen LogP contribution is -2.41. The third kappa shape index (κ3) is 3.51. The summed E-state index contributed by atoms with van der Waals surface area (Å²) in [5.74, 6) is 1.98. The number of pyridine rings is 1. The summed E-state index contributed by atoms with van der Waals surface area (Å²) in [6.07, 6.45) is 3.08. The fourth-order valence-corrected chi connectivity index (χ4v) is 2.92. The molecule has 1 N–H and O–H groups in total. The summed E-state index contributed by atoms with van der Waals surface area (Å²) < 4.78 is 7.52. The molecule has 1 atom stereocenters.